The Morgan fingerprint density at radius 1 is 1.19 bits per heavy atom. The number of nitrogens with zero attached hydrogens (tertiary/aromatic N) is 2. The molecule has 1 heterocycles. The fraction of sp³-hybridized carbons (Fsp3) is 0.238. The van der Waals surface area contributed by atoms with Crippen molar-refractivity contribution in [3.63, 3.8) is 0 Å². The highest BCUT2D eigenvalue weighted by molar-refractivity contribution is 5.93. The largest absolute Gasteiger partial charge is 0.507 e. The van der Waals surface area contributed by atoms with Gasteiger partial charge in [0.15, 0.2) is 0 Å². The average Bonchev–Trinajstić information content (AvgIpc) is 3.13. The van der Waals surface area contributed by atoms with Gasteiger partial charge in [-0.3, -0.25) is 9.89 Å². The predicted octanol–water partition coefficient (Wildman–Crippen LogP) is 3.12. The first-order valence-electron chi connectivity index (χ1n) is 8.81. The summed E-state index contributed by atoms with van der Waals surface area (Å²) in [6.45, 7) is 2.54. The lowest BCUT2D eigenvalue weighted by atomic mass is 10.0. The molecule has 0 aliphatic rings. The second-order valence-corrected chi connectivity index (χ2v) is 6.73. The number of carbonyl (C=O) groups is 1. The van der Waals surface area contributed by atoms with Gasteiger partial charge in [-0.15, -0.1) is 0 Å². The fourth-order valence-corrected chi connectivity index (χ4v) is 3.08. The van der Waals surface area contributed by atoms with E-state index in [1.54, 1.807) is 24.3 Å². The molecule has 3 rings (SSSR count). The van der Waals surface area contributed by atoms with E-state index >= 15 is 0 Å². The summed E-state index contributed by atoms with van der Waals surface area (Å²) >= 11 is 0. The van der Waals surface area contributed by atoms with E-state index in [1.807, 2.05) is 32.3 Å². The van der Waals surface area contributed by atoms with E-state index in [0.29, 0.717) is 23.5 Å². The van der Waals surface area contributed by atoms with Gasteiger partial charge in [-0.05, 0) is 50.3 Å². The summed E-state index contributed by atoms with van der Waals surface area (Å²) in [5.41, 5.74) is 3.84. The standard InChI is InChI=1S/C21H24N4O2/c1-14-8-4-5-9-15(14)19(25(2)3)13-22-21(27)18-12-17(23-24-18)16-10-6-7-11-20(16)26/h4-12,19,26H,13H2,1-3H3,(H,22,27)(H,23,24). The number of amides is 1. The Hall–Kier alpha value is -3.12. The molecule has 0 saturated carbocycles. The van der Waals surface area contributed by atoms with Gasteiger partial charge in [0.2, 0.25) is 0 Å². The van der Waals surface area contributed by atoms with Crippen LogP contribution in [0, 0.1) is 6.92 Å². The minimum Gasteiger partial charge on any atom is -0.507 e. The number of aromatic nitrogens is 2. The van der Waals surface area contributed by atoms with Crippen molar-refractivity contribution in [2.75, 3.05) is 20.6 Å². The van der Waals surface area contributed by atoms with Crippen molar-refractivity contribution in [2.24, 2.45) is 0 Å². The number of benzene rings is 2. The van der Waals surface area contributed by atoms with Crippen molar-refractivity contribution in [3.05, 3.63) is 71.4 Å². The van der Waals surface area contributed by atoms with Crippen molar-refractivity contribution in [3.8, 4) is 17.0 Å². The lowest BCUT2D eigenvalue weighted by Gasteiger charge is -2.26. The second-order valence-electron chi connectivity index (χ2n) is 6.73. The molecule has 0 radical (unpaired) electrons. The second kappa shape index (κ2) is 8.05. The van der Waals surface area contributed by atoms with Crippen LogP contribution in [0.3, 0.4) is 0 Å². The van der Waals surface area contributed by atoms with Crippen LogP contribution in [-0.2, 0) is 0 Å². The molecule has 3 N–H and O–H groups in total. The van der Waals surface area contributed by atoms with Crippen LogP contribution >= 0.6 is 0 Å². The number of hydrogen-bond donors (Lipinski definition) is 3. The molecule has 6 nitrogen and oxygen atoms in total. The Morgan fingerprint density at radius 2 is 1.89 bits per heavy atom. The predicted molar refractivity (Wildman–Crippen MR) is 106 cm³/mol. The molecule has 1 unspecified atom stereocenters. The molecule has 0 bridgehead atoms. The molecule has 0 fully saturated rings. The van der Waals surface area contributed by atoms with Gasteiger partial charge in [-0.1, -0.05) is 36.4 Å². The van der Waals surface area contributed by atoms with E-state index in [9.17, 15) is 9.90 Å². The van der Waals surface area contributed by atoms with Crippen molar-refractivity contribution in [1.82, 2.24) is 20.4 Å². The number of phenolic OH excluding ortho intramolecular Hbond substituents is 1. The summed E-state index contributed by atoms with van der Waals surface area (Å²) in [6.07, 6.45) is 0. The first-order chi connectivity index (χ1) is 13.0. The molecule has 27 heavy (non-hydrogen) atoms. The van der Waals surface area contributed by atoms with Crippen molar-refractivity contribution >= 4 is 5.91 Å². The highest BCUT2D eigenvalue weighted by atomic mass is 16.3. The van der Waals surface area contributed by atoms with Crippen LogP contribution in [0.5, 0.6) is 5.75 Å². The van der Waals surface area contributed by atoms with Gasteiger partial charge >= 0.3 is 0 Å². The summed E-state index contributed by atoms with van der Waals surface area (Å²) in [6, 6.07) is 16.8. The first kappa shape index (κ1) is 18.7. The minimum absolute atomic E-state index is 0.0655. The maximum Gasteiger partial charge on any atom is 0.269 e. The third kappa shape index (κ3) is 4.17. The summed E-state index contributed by atoms with van der Waals surface area (Å²) < 4.78 is 0. The lowest BCUT2D eigenvalue weighted by Crippen LogP contribution is -2.35. The highest BCUT2D eigenvalue weighted by Crippen LogP contribution is 2.27. The monoisotopic (exact) mass is 364 g/mol. The number of hydrogen-bond acceptors (Lipinski definition) is 4. The van der Waals surface area contributed by atoms with Gasteiger partial charge in [0.25, 0.3) is 5.91 Å². The maximum atomic E-state index is 12.6. The van der Waals surface area contributed by atoms with E-state index in [4.69, 9.17) is 0 Å². The SMILES string of the molecule is Cc1ccccc1C(CNC(=O)c1cc(-c2ccccc2O)n[nH]1)N(C)C. The van der Waals surface area contributed by atoms with Gasteiger partial charge in [-0.2, -0.15) is 5.10 Å². The molecule has 0 aliphatic heterocycles. The zero-order chi connectivity index (χ0) is 19.4. The number of aromatic hydroxyl groups is 1. The van der Waals surface area contributed by atoms with E-state index in [1.165, 1.54) is 11.1 Å². The molecule has 6 heteroatoms. The number of H-pyrrole nitrogens is 1. The third-order valence-corrected chi connectivity index (χ3v) is 4.63. The zero-order valence-electron chi connectivity index (χ0n) is 15.7. The topological polar surface area (TPSA) is 81.2 Å². The molecule has 0 aliphatic carbocycles. The number of carbonyl (C=O) groups excluding carboxylic acids is 1. The molecular weight excluding hydrogens is 340 g/mol. The van der Waals surface area contributed by atoms with E-state index < -0.39 is 0 Å². The van der Waals surface area contributed by atoms with Gasteiger partial charge in [0.05, 0.1) is 11.7 Å². The van der Waals surface area contributed by atoms with Crippen LogP contribution in [-0.4, -0.2) is 46.8 Å². The lowest BCUT2D eigenvalue weighted by molar-refractivity contribution is 0.0936. The van der Waals surface area contributed by atoms with Crippen LogP contribution in [0.4, 0.5) is 0 Å². The Labute approximate surface area is 158 Å². The molecule has 0 spiro atoms. The molecule has 1 atom stereocenters. The molecule has 2 aromatic carbocycles. The Morgan fingerprint density at radius 3 is 2.59 bits per heavy atom. The number of para-hydroxylation sites is 1. The first-order valence-corrected chi connectivity index (χ1v) is 8.81. The van der Waals surface area contributed by atoms with E-state index in [2.05, 4.69) is 39.5 Å². The highest BCUT2D eigenvalue weighted by Gasteiger charge is 2.19. The van der Waals surface area contributed by atoms with Gasteiger partial charge in [0.1, 0.15) is 11.4 Å². The maximum absolute atomic E-state index is 12.6. The molecule has 0 saturated heterocycles. The van der Waals surface area contributed by atoms with Crippen LogP contribution in [0.15, 0.2) is 54.6 Å². The molecule has 1 aromatic heterocycles. The molecule has 3 aromatic rings. The van der Waals surface area contributed by atoms with Crippen molar-refractivity contribution < 1.29 is 9.90 Å². The van der Waals surface area contributed by atoms with Gasteiger partial charge in [-0.25, -0.2) is 0 Å². The summed E-state index contributed by atoms with van der Waals surface area (Å²) in [5.74, 6) is -0.104. The number of rotatable bonds is 6. The summed E-state index contributed by atoms with van der Waals surface area (Å²) in [5, 5.41) is 19.8. The summed E-state index contributed by atoms with van der Waals surface area (Å²) in [4.78, 5) is 14.6. The smallest absolute Gasteiger partial charge is 0.269 e. The van der Waals surface area contributed by atoms with E-state index in [0.717, 1.165) is 0 Å². The minimum atomic E-state index is -0.232. The number of aromatic amines is 1. The van der Waals surface area contributed by atoms with Crippen LogP contribution < -0.4 is 5.32 Å². The zero-order valence-corrected chi connectivity index (χ0v) is 15.7. The third-order valence-electron chi connectivity index (χ3n) is 4.63. The van der Waals surface area contributed by atoms with Crippen LogP contribution in [0.2, 0.25) is 0 Å². The average molecular weight is 364 g/mol. The number of nitrogens with one attached hydrogen (secondary N) is 2. The molecule has 1 amide bonds. The van der Waals surface area contributed by atoms with E-state index in [-0.39, 0.29) is 17.7 Å². The number of aryl methyl sites for hydroxylation is 1. The van der Waals surface area contributed by atoms with Crippen molar-refractivity contribution in [2.45, 2.75) is 13.0 Å². The molecular formula is C21H24N4O2. The fourth-order valence-electron chi connectivity index (χ4n) is 3.08. The summed E-state index contributed by atoms with van der Waals surface area (Å²) in [7, 11) is 3.99. The number of phenols is 1. The number of likely N-dealkylation sites (N-methyl/N-ethyl adjacent to an activating group) is 1. The molecule has 140 valence electrons. The normalized spacial score (nSPS) is 12.1. The van der Waals surface area contributed by atoms with Gasteiger partial charge in [0, 0.05) is 12.1 Å². The Bertz CT molecular complexity index is 933. The van der Waals surface area contributed by atoms with Crippen molar-refractivity contribution in [1.29, 1.82) is 0 Å². The Kier molecular flexibility index (Phi) is 5.57. The Balaban J connectivity index is 1.72. The van der Waals surface area contributed by atoms with Gasteiger partial charge < -0.3 is 15.3 Å². The quantitative estimate of drug-likeness (QED) is 0.628. The van der Waals surface area contributed by atoms with Crippen LogP contribution in [0.25, 0.3) is 11.3 Å². The van der Waals surface area contributed by atoms with Crippen LogP contribution in [0.1, 0.15) is 27.7 Å².